The third kappa shape index (κ3) is 5.21. The summed E-state index contributed by atoms with van der Waals surface area (Å²) in [6.45, 7) is 3.75. The van der Waals surface area contributed by atoms with Crippen LogP contribution in [0.5, 0.6) is 0 Å². The number of carbonyl (C=O) groups is 1. The van der Waals surface area contributed by atoms with E-state index < -0.39 is 12.0 Å². The van der Waals surface area contributed by atoms with Crippen LogP contribution in [0.15, 0.2) is 60.7 Å². The Morgan fingerprint density at radius 3 is 2.68 bits per heavy atom. The third-order valence-corrected chi connectivity index (χ3v) is 6.42. The summed E-state index contributed by atoms with van der Waals surface area (Å²) in [5, 5.41) is 19.9. The van der Waals surface area contributed by atoms with E-state index in [-0.39, 0.29) is 6.61 Å². The van der Waals surface area contributed by atoms with Gasteiger partial charge in [-0.2, -0.15) is 5.26 Å². The molecule has 1 atom stereocenters. The Morgan fingerprint density at radius 1 is 1.18 bits per heavy atom. The van der Waals surface area contributed by atoms with Gasteiger partial charge in [-0.05, 0) is 40.8 Å². The summed E-state index contributed by atoms with van der Waals surface area (Å²) in [7, 11) is 0. The van der Waals surface area contributed by atoms with Crippen LogP contribution in [-0.2, 0) is 16.1 Å². The maximum absolute atomic E-state index is 11.6. The fourth-order valence-corrected chi connectivity index (χ4v) is 4.44. The van der Waals surface area contributed by atoms with Gasteiger partial charge in [-0.3, -0.25) is 9.69 Å². The first-order chi connectivity index (χ1) is 16.5. The van der Waals surface area contributed by atoms with Crippen molar-refractivity contribution in [3.63, 3.8) is 0 Å². The minimum Gasteiger partial charge on any atom is -0.480 e. The van der Waals surface area contributed by atoms with E-state index in [1.54, 1.807) is 0 Å². The second-order valence-electron chi connectivity index (χ2n) is 8.28. The summed E-state index contributed by atoms with van der Waals surface area (Å²) >= 11 is 6.61. The molecule has 0 unspecified atom stereocenters. The highest BCUT2D eigenvalue weighted by Crippen LogP contribution is 2.29. The zero-order valence-corrected chi connectivity index (χ0v) is 19.6. The number of morpholine rings is 1. The molecule has 172 valence electrons. The highest BCUT2D eigenvalue weighted by molar-refractivity contribution is 6.32. The van der Waals surface area contributed by atoms with Crippen molar-refractivity contribution in [3.05, 3.63) is 93.5 Å². The zero-order chi connectivity index (χ0) is 24.1. The quantitative estimate of drug-likeness (QED) is 0.470. The molecule has 1 N–H and O–H groups in total. The molecular weight excluding hydrogens is 448 g/mol. The first-order valence-corrected chi connectivity index (χ1v) is 11.5. The van der Waals surface area contributed by atoms with E-state index in [1.807, 2.05) is 84.6 Å². The molecule has 1 saturated heterocycles. The van der Waals surface area contributed by atoms with Gasteiger partial charge in [0.15, 0.2) is 0 Å². The van der Waals surface area contributed by atoms with Crippen molar-refractivity contribution in [2.45, 2.75) is 19.5 Å². The summed E-state index contributed by atoms with van der Waals surface area (Å²) in [5.74, 6) is -0.881. The summed E-state index contributed by atoms with van der Waals surface area (Å²) in [6, 6.07) is 21.2. The normalized spacial score (nSPS) is 16.4. The van der Waals surface area contributed by atoms with Crippen LogP contribution in [0.4, 0.5) is 0 Å². The molecule has 3 aromatic rings. The van der Waals surface area contributed by atoms with Gasteiger partial charge in [0.05, 0.1) is 18.8 Å². The molecule has 0 spiro atoms. The van der Waals surface area contributed by atoms with Crippen molar-refractivity contribution < 1.29 is 14.6 Å². The van der Waals surface area contributed by atoms with Gasteiger partial charge in [0.25, 0.3) is 0 Å². The lowest BCUT2D eigenvalue weighted by atomic mass is 9.95. The lowest BCUT2D eigenvalue weighted by Crippen LogP contribution is -2.49. The highest BCUT2D eigenvalue weighted by Gasteiger charge is 2.29. The molecule has 3 aromatic carbocycles. The Balaban J connectivity index is 1.60. The monoisotopic (exact) mass is 472 g/mol. The molecule has 0 saturated carbocycles. The summed E-state index contributed by atoms with van der Waals surface area (Å²) in [5.41, 5.74) is 6.17. The zero-order valence-electron chi connectivity index (χ0n) is 18.9. The van der Waals surface area contributed by atoms with Gasteiger partial charge in [-0.1, -0.05) is 78.4 Å². The molecule has 4 rings (SSSR count). The lowest BCUT2D eigenvalue weighted by Gasteiger charge is -2.33. The molecule has 1 fully saturated rings. The number of hydrogen-bond acceptors (Lipinski definition) is 4. The maximum Gasteiger partial charge on any atom is 0.323 e. The van der Waals surface area contributed by atoms with Crippen LogP contribution in [0, 0.1) is 18.3 Å². The van der Waals surface area contributed by atoms with E-state index in [9.17, 15) is 15.2 Å². The molecule has 0 aliphatic carbocycles. The van der Waals surface area contributed by atoms with Crippen LogP contribution in [-0.4, -0.2) is 41.8 Å². The van der Waals surface area contributed by atoms with Crippen molar-refractivity contribution in [2.24, 2.45) is 0 Å². The summed E-state index contributed by atoms with van der Waals surface area (Å²) < 4.78 is 5.33. The number of nitrogens with zero attached hydrogens (tertiary/aromatic N) is 2. The number of hydrogen-bond donors (Lipinski definition) is 1. The number of aryl methyl sites for hydroxylation is 1. The van der Waals surface area contributed by atoms with E-state index >= 15 is 0 Å². The van der Waals surface area contributed by atoms with Crippen molar-refractivity contribution >= 4 is 29.7 Å². The van der Waals surface area contributed by atoms with Gasteiger partial charge >= 0.3 is 5.97 Å². The molecule has 0 aromatic heterocycles. The minimum absolute atomic E-state index is 0.187. The van der Waals surface area contributed by atoms with Gasteiger partial charge in [-0.15, -0.1) is 0 Å². The Kier molecular flexibility index (Phi) is 7.44. The maximum atomic E-state index is 11.6. The average molecular weight is 473 g/mol. The summed E-state index contributed by atoms with van der Waals surface area (Å²) in [4.78, 5) is 13.5. The van der Waals surface area contributed by atoms with Crippen LogP contribution < -0.4 is 0 Å². The lowest BCUT2D eigenvalue weighted by molar-refractivity contribution is -0.150. The highest BCUT2D eigenvalue weighted by atomic mass is 35.5. The van der Waals surface area contributed by atoms with Gasteiger partial charge in [0, 0.05) is 23.7 Å². The predicted octanol–water partition coefficient (Wildman–Crippen LogP) is 5.64. The fourth-order valence-electron chi connectivity index (χ4n) is 4.19. The van der Waals surface area contributed by atoms with E-state index in [4.69, 9.17) is 16.3 Å². The van der Waals surface area contributed by atoms with Crippen LogP contribution in [0.3, 0.4) is 0 Å². The smallest absolute Gasteiger partial charge is 0.323 e. The van der Waals surface area contributed by atoms with Crippen LogP contribution in [0.25, 0.3) is 23.3 Å². The number of carboxylic acid groups (broad SMARTS) is 1. The fraction of sp³-hybridized carbons (Fsp3) is 0.214. The van der Waals surface area contributed by atoms with Crippen molar-refractivity contribution in [1.29, 1.82) is 5.26 Å². The van der Waals surface area contributed by atoms with Gasteiger partial charge < -0.3 is 9.84 Å². The van der Waals surface area contributed by atoms with Crippen LogP contribution >= 0.6 is 11.6 Å². The molecule has 1 heterocycles. The predicted molar refractivity (Wildman–Crippen MR) is 134 cm³/mol. The third-order valence-electron chi connectivity index (χ3n) is 6.09. The number of nitriles is 1. The molecule has 0 bridgehead atoms. The number of rotatable bonds is 6. The van der Waals surface area contributed by atoms with Gasteiger partial charge in [0.2, 0.25) is 0 Å². The van der Waals surface area contributed by atoms with Crippen molar-refractivity contribution in [2.75, 3.05) is 19.8 Å². The van der Waals surface area contributed by atoms with E-state index in [0.717, 1.165) is 33.4 Å². The number of carboxylic acids is 1. The molecule has 0 radical (unpaired) electrons. The Bertz CT molecular complexity index is 1260. The Morgan fingerprint density at radius 2 is 1.94 bits per heavy atom. The molecule has 0 amide bonds. The van der Waals surface area contributed by atoms with Crippen molar-refractivity contribution in [1.82, 2.24) is 4.90 Å². The van der Waals surface area contributed by atoms with Crippen LogP contribution in [0.2, 0.25) is 5.02 Å². The van der Waals surface area contributed by atoms with E-state index in [2.05, 4.69) is 6.07 Å². The largest absolute Gasteiger partial charge is 0.480 e. The molecule has 34 heavy (non-hydrogen) atoms. The van der Waals surface area contributed by atoms with E-state index in [1.165, 1.54) is 0 Å². The SMILES string of the molecule is Cc1cc(/C=C/c2cccc(-c3ccccc3)c2C#N)c(Cl)cc1CN1CCOC[C@H]1C(=O)O. The second-order valence-corrected chi connectivity index (χ2v) is 8.69. The van der Waals surface area contributed by atoms with Gasteiger partial charge in [-0.25, -0.2) is 0 Å². The number of aliphatic carboxylic acids is 1. The number of benzene rings is 3. The van der Waals surface area contributed by atoms with E-state index in [0.29, 0.717) is 30.3 Å². The van der Waals surface area contributed by atoms with Crippen molar-refractivity contribution in [3.8, 4) is 17.2 Å². The molecule has 1 aliphatic heterocycles. The Labute approximate surface area is 204 Å². The first kappa shape index (κ1) is 23.7. The second kappa shape index (κ2) is 10.7. The minimum atomic E-state index is -0.881. The standard InChI is InChI=1S/C28H25ClN2O3/c1-19-14-22(26(29)15-23(19)17-31-12-13-34-18-27(31)28(32)33)11-10-21-8-5-9-24(25(21)16-30)20-6-3-2-4-7-20/h2-11,14-15,27H,12-13,17-18H2,1H3,(H,32,33)/b11-10+/t27-/m0/s1. The summed E-state index contributed by atoms with van der Waals surface area (Å²) in [6.07, 6.45) is 3.83. The molecule has 6 heteroatoms. The average Bonchev–Trinajstić information content (AvgIpc) is 2.85. The topological polar surface area (TPSA) is 73.6 Å². The molecular formula is C28H25ClN2O3. The van der Waals surface area contributed by atoms with Gasteiger partial charge in [0.1, 0.15) is 12.1 Å². The Hall–Kier alpha value is -3.43. The number of halogens is 1. The molecule has 5 nitrogen and oxygen atoms in total. The first-order valence-electron chi connectivity index (χ1n) is 11.1. The molecule has 1 aliphatic rings. The number of ether oxygens (including phenoxy) is 1. The van der Waals surface area contributed by atoms with Crippen LogP contribution in [0.1, 0.15) is 27.8 Å².